The molecule has 6 nitrogen and oxygen atoms in total. The molecule has 1 aromatic heterocycles. The summed E-state index contributed by atoms with van der Waals surface area (Å²) in [5, 5.41) is 12.7. The van der Waals surface area contributed by atoms with Crippen molar-refractivity contribution in [2.75, 3.05) is 19.8 Å². The summed E-state index contributed by atoms with van der Waals surface area (Å²) in [5.41, 5.74) is 0.148. The Labute approximate surface area is 115 Å². The van der Waals surface area contributed by atoms with Crippen LogP contribution in [0.25, 0.3) is 0 Å². The Bertz CT molecular complexity index is 420. The molecule has 1 heterocycles. The van der Waals surface area contributed by atoms with Crippen molar-refractivity contribution in [3.8, 4) is 0 Å². The number of carbonyl (C=O) groups excluding carboxylic acids is 1. The zero-order valence-corrected chi connectivity index (χ0v) is 11.7. The first kappa shape index (κ1) is 15.6. The van der Waals surface area contributed by atoms with E-state index in [1.807, 2.05) is 0 Å². The summed E-state index contributed by atoms with van der Waals surface area (Å²) in [6.45, 7) is 3.95. The Morgan fingerprint density at radius 1 is 1.42 bits per heavy atom. The highest BCUT2D eigenvalue weighted by atomic mass is 32.1. The third-order valence-electron chi connectivity index (χ3n) is 2.31. The average Bonchev–Trinajstić information content (AvgIpc) is 2.87. The van der Waals surface area contributed by atoms with Gasteiger partial charge in [-0.1, -0.05) is 13.3 Å². The lowest BCUT2D eigenvalue weighted by molar-refractivity contribution is 0.0696. The quantitative estimate of drug-likeness (QED) is 0.675. The molecule has 0 aliphatic rings. The van der Waals surface area contributed by atoms with Crippen LogP contribution in [0.3, 0.4) is 0 Å². The van der Waals surface area contributed by atoms with Crippen molar-refractivity contribution >= 4 is 23.2 Å². The second-order valence-corrected chi connectivity index (χ2v) is 4.78. The van der Waals surface area contributed by atoms with Crippen LogP contribution in [0.15, 0.2) is 5.38 Å². The second kappa shape index (κ2) is 8.60. The Kier molecular flexibility index (Phi) is 7.06. The molecule has 0 aliphatic carbocycles. The van der Waals surface area contributed by atoms with Gasteiger partial charge >= 0.3 is 5.97 Å². The predicted octanol–water partition coefficient (Wildman–Crippen LogP) is 1.78. The van der Waals surface area contributed by atoms with Gasteiger partial charge in [0.05, 0.1) is 0 Å². The standard InChI is InChI=1S/C12H18N2O4S/c1-2-3-6-18-7-4-5-13-10(15)9-8-19-11(14-9)12(16)17/h8H,2-7H2,1H3,(H,13,15)(H,16,17). The third kappa shape index (κ3) is 5.80. The van der Waals surface area contributed by atoms with Crippen molar-refractivity contribution in [2.45, 2.75) is 26.2 Å². The average molecular weight is 286 g/mol. The van der Waals surface area contributed by atoms with Crippen LogP contribution >= 0.6 is 11.3 Å². The number of carboxylic acid groups (broad SMARTS) is 1. The van der Waals surface area contributed by atoms with E-state index in [1.165, 1.54) is 5.38 Å². The van der Waals surface area contributed by atoms with E-state index < -0.39 is 5.97 Å². The number of nitrogens with one attached hydrogen (secondary N) is 1. The molecule has 0 bridgehead atoms. The lowest BCUT2D eigenvalue weighted by atomic mass is 10.3. The molecule has 0 atom stereocenters. The number of hydrogen-bond acceptors (Lipinski definition) is 5. The monoisotopic (exact) mass is 286 g/mol. The Balaban J connectivity index is 2.18. The molecule has 0 spiro atoms. The highest BCUT2D eigenvalue weighted by molar-refractivity contribution is 7.11. The number of rotatable bonds is 9. The number of aromatic carboxylic acids is 1. The van der Waals surface area contributed by atoms with Gasteiger partial charge in [0.25, 0.3) is 5.91 Å². The molecule has 0 saturated carbocycles. The molecule has 0 radical (unpaired) electrons. The first-order chi connectivity index (χ1) is 9.15. The maximum Gasteiger partial charge on any atom is 0.365 e. The van der Waals surface area contributed by atoms with Crippen molar-refractivity contribution in [1.82, 2.24) is 10.3 Å². The first-order valence-corrected chi connectivity index (χ1v) is 7.08. The molecule has 0 fully saturated rings. The van der Waals surface area contributed by atoms with E-state index in [0.717, 1.165) is 37.2 Å². The van der Waals surface area contributed by atoms with E-state index >= 15 is 0 Å². The van der Waals surface area contributed by atoms with Gasteiger partial charge < -0.3 is 15.2 Å². The van der Waals surface area contributed by atoms with Crippen LogP contribution < -0.4 is 5.32 Å². The van der Waals surface area contributed by atoms with E-state index in [2.05, 4.69) is 17.2 Å². The zero-order valence-electron chi connectivity index (χ0n) is 10.8. The SMILES string of the molecule is CCCCOCCCNC(=O)c1csc(C(=O)O)n1. The number of thiazole rings is 1. The predicted molar refractivity (Wildman–Crippen MR) is 71.8 cm³/mol. The van der Waals surface area contributed by atoms with Crippen molar-refractivity contribution in [3.05, 3.63) is 16.1 Å². The smallest absolute Gasteiger partial charge is 0.365 e. The minimum atomic E-state index is -1.12. The molecule has 19 heavy (non-hydrogen) atoms. The molecular weight excluding hydrogens is 268 g/mol. The Morgan fingerprint density at radius 2 is 2.16 bits per heavy atom. The van der Waals surface area contributed by atoms with Crippen LogP contribution in [-0.2, 0) is 4.74 Å². The highest BCUT2D eigenvalue weighted by Gasteiger charge is 2.13. The van der Waals surface area contributed by atoms with Crippen LogP contribution in [-0.4, -0.2) is 41.7 Å². The summed E-state index contributed by atoms with van der Waals surface area (Å²) < 4.78 is 5.35. The summed E-state index contributed by atoms with van der Waals surface area (Å²) in [6.07, 6.45) is 2.88. The minimum Gasteiger partial charge on any atom is -0.476 e. The molecule has 1 amide bonds. The molecule has 0 unspecified atom stereocenters. The first-order valence-electron chi connectivity index (χ1n) is 6.20. The topological polar surface area (TPSA) is 88.5 Å². The van der Waals surface area contributed by atoms with Crippen molar-refractivity contribution < 1.29 is 19.4 Å². The van der Waals surface area contributed by atoms with Gasteiger partial charge in [-0.3, -0.25) is 4.79 Å². The second-order valence-electron chi connectivity index (χ2n) is 3.92. The molecule has 2 N–H and O–H groups in total. The molecule has 1 rings (SSSR count). The van der Waals surface area contributed by atoms with Crippen molar-refractivity contribution in [1.29, 1.82) is 0 Å². The van der Waals surface area contributed by atoms with Crippen molar-refractivity contribution in [2.24, 2.45) is 0 Å². The Morgan fingerprint density at radius 3 is 2.79 bits per heavy atom. The number of nitrogens with zero attached hydrogens (tertiary/aromatic N) is 1. The summed E-state index contributed by atoms with van der Waals surface area (Å²) in [7, 11) is 0. The van der Waals surface area contributed by atoms with Crippen LogP contribution in [0.2, 0.25) is 0 Å². The molecule has 1 aromatic rings. The van der Waals surface area contributed by atoms with Gasteiger partial charge in [0, 0.05) is 25.1 Å². The van der Waals surface area contributed by atoms with E-state index in [4.69, 9.17) is 9.84 Å². The maximum absolute atomic E-state index is 11.6. The molecule has 0 aliphatic heterocycles. The van der Waals surface area contributed by atoms with Crippen LogP contribution in [0.4, 0.5) is 0 Å². The molecule has 106 valence electrons. The zero-order chi connectivity index (χ0) is 14.1. The number of aromatic nitrogens is 1. The highest BCUT2D eigenvalue weighted by Crippen LogP contribution is 2.09. The number of carboxylic acids is 1. The van der Waals surface area contributed by atoms with Crippen LogP contribution in [0.1, 0.15) is 46.5 Å². The molecular formula is C12H18N2O4S. The number of unbranched alkanes of at least 4 members (excludes halogenated alkanes) is 1. The normalized spacial score (nSPS) is 10.4. The largest absolute Gasteiger partial charge is 0.476 e. The number of carbonyl (C=O) groups is 2. The molecule has 7 heteroatoms. The van der Waals surface area contributed by atoms with E-state index in [-0.39, 0.29) is 16.6 Å². The fourth-order valence-corrected chi connectivity index (χ4v) is 1.93. The van der Waals surface area contributed by atoms with E-state index in [9.17, 15) is 9.59 Å². The van der Waals surface area contributed by atoms with Crippen LogP contribution in [0.5, 0.6) is 0 Å². The van der Waals surface area contributed by atoms with Gasteiger partial charge in [-0.25, -0.2) is 9.78 Å². The summed E-state index contributed by atoms with van der Waals surface area (Å²) >= 11 is 0.943. The van der Waals surface area contributed by atoms with Gasteiger partial charge in [-0.2, -0.15) is 0 Å². The Hall–Kier alpha value is -1.47. The van der Waals surface area contributed by atoms with Gasteiger partial charge in [0.1, 0.15) is 5.69 Å². The van der Waals surface area contributed by atoms with Gasteiger partial charge in [0.2, 0.25) is 5.01 Å². The van der Waals surface area contributed by atoms with Gasteiger partial charge in [-0.05, 0) is 12.8 Å². The lowest BCUT2D eigenvalue weighted by Gasteiger charge is -2.04. The van der Waals surface area contributed by atoms with Gasteiger partial charge in [0.15, 0.2) is 0 Å². The van der Waals surface area contributed by atoms with E-state index in [0.29, 0.717) is 13.2 Å². The number of ether oxygens (including phenoxy) is 1. The maximum atomic E-state index is 11.6. The minimum absolute atomic E-state index is 0.0759. The summed E-state index contributed by atoms with van der Waals surface area (Å²) in [5.74, 6) is -1.47. The molecule has 0 saturated heterocycles. The molecule has 0 aromatic carbocycles. The third-order valence-corrected chi connectivity index (χ3v) is 3.14. The van der Waals surface area contributed by atoms with Gasteiger partial charge in [-0.15, -0.1) is 11.3 Å². The summed E-state index contributed by atoms with van der Waals surface area (Å²) in [4.78, 5) is 26.0. The van der Waals surface area contributed by atoms with E-state index in [1.54, 1.807) is 0 Å². The number of amides is 1. The van der Waals surface area contributed by atoms with Crippen molar-refractivity contribution in [3.63, 3.8) is 0 Å². The fourth-order valence-electron chi connectivity index (χ4n) is 1.29. The van der Waals surface area contributed by atoms with Crippen LogP contribution in [0, 0.1) is 0 Å². The fraction of sp³-hybridized carbons (Fsp3) is 0.583. The summed E-state index contributed by atoms with van der Waals surface area (Å²) in [6, 6.07) is 0. The lowest BCUT2D eigenvalue weighted by Crippen LogP contribution is -2.25. The number of hydrogen-bond donors (Lipinski definition) is 2.